The van der Waals surface area contributed by atoms with Gasteiger partial charge in [0.2, 0.25) is 5.91 Å². The van der Waals surface area contributed by atoms with E-state index in [1.165, 1.54) is 77.0 Å². The number of esters is 1. The average Bonchev–Trinajstić information content (AvgIpc) is 3.34. The van der Waals surface area contributed by atoms with Crippen molar-refractivity contribution in [3.8, 4) is 0 Å². The van der Waals surface area contributed by atoms with Crippen molar-refractivity contribution in [3.63, 3.8) is 0 Å². The van der Waals surface area contributed by atoms with Crippen molar-refractivity contribution in [1.29, 1.82) is 0 Å². The van der Waals surface area contributed by atoms with Gasteiger partial charge in [-0.3, -0.25) is 9.59 Å². The Morgan fingerprint density at radius 2 is 1.04 bits per heavy atom. The molecule has 0 aromatic heterocycles. The Balaban J connectivity index is 2.78. The highest BCUT2D eigenvalue weighted by Gasteiger charge is 2.47. The number of aliphatic hydroxyl groups is 5. The fourth-order valence-corrected chi connectivity index (χ4v) is 8.23. The highest BCUT2D eigenvalue weighted by Crippen LogP contribution is 2.26. The molecule has 398 valence electrons. The standard InChI is InChI=1S/C58H101NO10/c1-4-7-10-13-16-19-22-25-26-28-31-34-37-40-43-46-53(63)69-56-55(65)54(64)52(47-60)68-58(56)67-48-49(50(61)44-41-38-35-32-30-27-23-20-17-14-11-8-5-2)59-57(66)51(62)45-42-39-36-33-29-24-21-18-15-12-9-6-3/h9,12,15-16,18-19,21-22,24-25,41,44,49-52,54-56,58,60-62,64-65H,4-8,10-11,13-14,17,20,23,26-40,42-43,45-48H2,1-3H3,(H,59,66)/b12-9+,18-15+,19-16+,24-21-,25-22+,44-41+. The first kappa shape index (κ1) is 64.1. The number of hydrogen-bond acceptors (Lipinski definition) is 10. The SMILES string of the molecule is CC/C=C/C=C/C=C\CCCCCCC(O)C(=O)NC(COC1OC(CO)C(O)C(O)C1OC(=O)CCCCCCCC/C=C/C=C/CCCCC)C(O)/C=C/CCCCCCCCCCCCC. The molecule has 1 fully saturated rings. The van der Waals surface area contributed by atoms with Crippen molar-refractivity contribution in [2.24, 2.45) is 0 Å². The van der Waals surface area contributed by atoms with Crippen LogP contribution < -0.4 is 5.32 Å². The maximum absolute atomic E-state index is 13.3. The van der Waals surface area contributed by atoms with Crippen molar-refractivity contribution in [1.82, 2.24) is 5.32 Å². The largest absolute Gasteiger partial charge is 0.454 e. The summed E-state index contributed by atoms with van der Waals surface area (Å²) < 4.78 is 17.5. The first-order chi connectivity index (χ1) is 33.7. The summed E-state index contributed by atoms with van der Waals surface area (Å²) in [5, 5.41) is 56.7. The van der Waals surface area contributed by atoms with E-state index in [1.54, 1.807) is 6.08 Å². The summed E-state index contributed by atoms with van der Waals surface area (Å²) in [6.07, 6.45) is 46.6. The van der Waals surface area contributed by atoms with E-state index >= 15 is 0 Å². The van der Waals surface area contributed by atoms with E-state index in [1.807, 2.05) is 30.4 Å². The van der Waals surface area contributed by atoms with Crippen LogP contribution in [-0.2, 0) is 23.8 Å². The van der Waals surface area contributed by atoms with Crippen molar-refractivity contribution < 1.29 is 49.3 Å². The molecule has 1 amide bonds. The summed E-state index contributed by atoms with van der Waals surface area (Å²) in [7, 11) is 0. The van der Waals surface area contributed by atoms with Crippen LogP contribution in [0, 0.1) is 0 Å². The molecule has 0 spiro atoms. The van der Waals surface area contributed by atoms with Crippen LogP contribution in [0.25, 0.3) is 0 Å². The van der Waals surface area contributed by atoms with Gasteiger partial charge in [0, 0.05) is 6.42 Å². The van der Waals surface area contributed by atoms with Crippen LogP contribution in [-0.4, -0.2) is 99.6 Å². The van der Waals surface area contributed by atoms with Crippen molar-refractivity contribution in [3.05, 3.63) is 72.9 Å². The summed E-state index contributed by atoms with van der Waals surface area (Å²) in [6, 6.07) is -1.04. The van der Waals surface area contributed by atoms with Gasteiger partial charge in [0.25, 0.3) is 0 Å². The quantitative estimate of drug-likeness (QED) is 0.0149. The first-order valence-electron chi connectivity index (χ1n) is 27.8. The lowest BCUT2D eigenvalue weighted by Gasteiger charge is -2.41. The summed E-state index contributed by atoms with van der Waals surface area (Å²) in [6.45, 7) is 5.58. The Bertz CT molecular complexity index is 1390. The number of ether oxygens (including phenoxy) is 3. The molecule has 6 N–H and O–H groups in total. The molecule has 1 saturated heterocycles. The predicted octanol–water partition coefficient (Wildman–Crippen LogP) is 12.1. The molecule has 0 aromatic rings. The van der Waals surface area contributed by atoms with Crippen LogP contribution in [0.3, 0.4) is 0 Å². The third-order valence-corrected chi connectivity index (χ3v) is 12.7. The minimum absolute atomic E-state index is 0.105. The second-order valence-corrected chi connectivity index (χ2v) is 19.0. The normalized spacial score (nSPS) is 20.4. The molecule has 1 aliphatic rings. The van der Waals surface area contributed by atoms with Gasteiger partial charge in [-0.05, 0) is 70.6 Å². The fourth-order valence-electron chi connectivity index (χ4n) is 8.23. The van der Waals surface area contributed by atoms with Crippen molar-refractivity contribution >= 4 is 11.9 Å². The predicted molar refractivity (Wildman–Crippen MR) is 283 cm³/mol. The van der Waals surface area contributed by atoms with Crippen LogP contribution >= 0.6 is 0 Å². The molecular weight excluding hydrogens is 871 g/mol. The maximum Gasteiger partial charge on any atom is 0.306 e. The molecule has 0 aliphatic carbocycles. The number of aliphatic hydroxyl groups excluding tert-OH is 5. The molecule has 1 heterocycles. The number of allylic oxidation sites excluding steroid dienone is 11. The molecule has 8 unspecified atom stereocenters. The smallest absolute Gasteiger partial charge is 0.306 e. The van der Waals surface area contributed by atoms with Crippen LogP contribution in [0.1, 0.15) is 220 Å². The lowest BCUT2D eigenvalue weighted by molar-refractivity contribution is -0.305. The number of nitrogens with one attached hydrogen (secondary N) is 1. The summed E-state index contributed by atoms with van der Waals surface area (Å²) in [4.78, 5) is 26.4. The van der Waals surface area contributed by atoms with Gasteiger partial charge in [-0.15, -0.1) is 0 Å². The van der Waals surface area contributed by atoms with Gasteiger partial charge in [-0.1, -0.05) is 216 Å². The van der Waals surface area contributed by atoms with E-state index in [0.717, 1.165) is 96.3 Å². The number of carbonyl (C=O) groups is 2. The Morgan fingerprint density at radius 3 is 1.59 bits per heavy atom. The summed E-state index contributed by atoms with van der Waals surface area (Å²) in [5.74, 6) is -1.23. The maximum atomic E-state index is 13.3. The third-order valence-electron chi connectivity index (χ3n) is 12.7. The van der Waals surface area contributed by atoms with Gasteiger partial charge >= 0.3 is 5.97 Å². The minimum atomic E-state index is -1.62. The second-order valence-electron chi connectivity index (χ2n) is 19.0. The van der Waals surface area contributed by atoms with E-state index < -0.39 is 67.4 Å². The Kier molecular flexibility index (Phi) is 42.9. The number of carbonyl (C=O) groups excluding carboxylic acids is 2. The number of unbranched alkanes of at least 4 members (excludes halogenated alkanes) is 24. The number of hydrogen-bond donors (Lipinski definition) is 6. The highest BCUT2D eigenvalue weighted by atomic mass is 16.7. The molecule has 0 bridgehead atoms. The number of rotatable bonds is 45. The van der Waals surface area contributed by atoms with Crippen LogP contribution in [0.2, 0.25) is 0 Å². The van der Waals surface area contributed by atoms with Gasteiger partial charge < -0.3 is 45.1 Å². The lowest BCUT2D eigenvalue weighted by Crippen LogP contribution is -2.61. The van der Waals surface area contributed by atoms with E-state index in [9.17, 15) is 35.1 Å². The second kappa shape index (κ2) is 46.2. The topological polar surface area (TPSA) is 175 Å². The van der Waals surface area contributed by atoms with E-state index in [2.05, 4.69) is 62.5 Å². The Labute approximate surface area is 420 Å². The zero-order valence-electron chi connectivity index (χ0n) is 43.7. The van der Waals surface area contributed by atoms with Gasteiger partial charge in [-0.25, -0.2) is 0 Å². The molecule has 11 nitrogen and oxygen atoms in total. The zero-order valence-corrected chi connectivity index (χ0v) is 43.7. The summed E-state index contributed by atoms with van der Waals surface area (Å²) >= 11 is 0. The van der Waals surface area contributed by atoms with Gasteiger partial charge in [0.1, 0.15) is 24.4 Å². The molecule has 0 aromatic carbocycles. The van der Waals surface area contributed by atoms with Crippen molar-refractivity contribution in [2.45, 2.75) is 269 Å². The molecule has 0 radical (unpaired) electrons. The molecule has 1 aliphatic heterocycles. The average molecular weight is 972 g/mol. The molecule has 69 heavy (non-hydrogen) atoms. The van der Waals surface area contributed by atoms with Gasteiger partial charge in [0.05, 0.1) is 25.4 Å². The Hall–Kier alpha value is -2.90. The van der Waals surface area contributed by atoms with Gasteiger partial charge in [-0.2, -0.15) is 0 Å². The fraction of sp³-hybridized carbons (Fsp3) is 0.759. The molecule has 0 saturated carbocycles. The van der Waals surface area contributed by atoms with E-state index in [0.29, 0.717) is 12.8 Å². The summed E-state index contributed by atoms with van der Waals surface area (Å²) in [5.41, 5.74) is 0. The van der Waals surface area contributed by atoms with Crippen LogP contribution in [0.4, 0.5) is 0 Å². The van der Waals surface area contributed by atoms with Crippen LogP contribution in [0.5, 0.6) is 0 Å². The molecule has 1 rings (SSSR count). The number of amides is 1. The monoisotopic (exact) mass is 972 g/mol. The Morgan fingerprint density at radius 1 is 0.580 bits per heavy atom. The van der Waals surface area contributed by atoms with Gasteiger partial charge in [0.15, 0.2) is 12.4 Å². The van der Waals surface area contributed by atoms with Crippen molar-refractivity contribution in [2.75, 3.05) is 13.2 Å². The van der Waals surface area contributed by atoms with Crippen LogP contribution in [0.15, 0.2) is 72.9 Å². The first-order valence-corrected chi connectivity index (χ1v) is 27.8. The molecular formula is C58H101NO10. The highest BCUT2D eigenvalue weighted by molar-refractivity contribution is 5.80. The molecule has 8 atom stereocenters. The lowest BCUT2D eigenvalue weighted by atomic mass is 9.99. The third kappa shape index (κ3) is 35.0. The van der Waals surface area contributed by atoms with E-state index in [-0.39, 0.29) is 19.4 Å². The minimum Gasteiger partial charge on any atom is -0.454 e. The molecule has 11 heteroatoms. The van der Waals surface area contributed by atoms with E-state index in [4.69, 9.17) is 14.2 Å². The zero-order chi connectivity index (χ0) is 50.4.